The van der Waals surface area contributed by atoms with Gasteiger partial charge in [0.2, 0.25) is 0 Å². The first-order valence-corrected chi connectivity index (χ1v) is 6.16. The van der Waals surface area contributed by atoms with Crippen molar-refractivity contribution >= 4 is 5.97 Å². The maximum Gasteiger partial charge on any atom is 0.308 e. The van der Waals surface area contributed by atoms with Crippen molar-refractivity contribution in [2.75, 3.05) is 13.7 Å². The molecule has 0 spiro atoms. The number of carbonyl (C=O) groups excluding carboxylic acids is 1. The lowest BCUT2D eigenvalue weighted by Crippen LogP contribution is -2.15. The molecular weight excluding hydrogens is 230 g/mol. The molecular formula is C14H21NO3. The summed E-state index contributed by atoms with van der Waals surface area (Å²) in [4.78, 5) is 10.9. The Balaban J connectivity index is 2.33. The Morgan fingerprint density at radius 3 is 2.56 bits per heavy atom. The molecule has 0 aliphatic carbocycles. The zero-order chi connectivity index (χ0) is 13.4. The van der Waals surface area contributed by atoms with Crippen LogP contribution in [0.1, 0.15) is 25.3 Å². The first-order valence-electron chi connectivity index (χ1n) is 6.16. The molecule has 0 amide bonds. The fourth-order valence-corrected chi connectivity index (χ4v) is 1.50. The van der Waals surface area contributed by atoms with Crippen LogP contribution < -0.4 is 10.5 Å². The van der Waals surface area contributed by atoms with Crippen LogP contribution in [0.2, 0.25) is 0 Å². The topological polar surface area (TPSA) is 61.5 Å². The molecule has 4 heteroatoms. The van der Waals surface area contributed by atoms with Gasteiger partial charge in [0.05, 0.1) is 20.1 Å². The lowest BCUT2D eigenvalue weighted by molar-refractivity contribution is -0.141. The van der Waals surface area contributed by atoms with Crippen LogP contribution in [0, 0.1) is 0 Å². The number of carbonyl (C=O) groups is 1. The third-order valence-corrected chi connectivity index (χ3v) is 2.61. The average Bonchev–Trinajstić information content (AvgIpc) is 2.37. The molecule has 0 saturated carbocycles. The fourth-order valence-electron chi connectivity index (χ4n) is 1.50. The Bertz CT molecular complexity index is 360. The molecule has 1 atom stereocenters. The van der Waals surface area contributed by atoms with Crippen LogP contribution in [0.5, 0.6) is 5.75 Å². The second-order valence-corrected chi connectivity index (χ2v) is 4.33. The monoisotopic (exact) mass is 251 g/mol. The second kappa shape index (κ2) is 7.71. The van der Waals surface area contributed by atoms with E-state index in [2.05, 4.69) is 4.74 Å². The third kappa shape index (κ3) is 5.68. The summed E-state index contributed by atoms with van der Waals surface area (Å²) >= 11 is 0. The Hall–Kier alpha value is -1.55. The van der Waals surface area contributed by atoms with Crippen LogP contribution in [-0.4, -0.2) is 25.7 Å². The highest BCUT2D eigenvalue weighted by molar-refractivity contribution is 5.69. The minimum absolute atomic E-state index is 0.223. The summed E-state index contributed by atoms with van der Waals surface area (Å²) in [5, 5.41) is 0. The number of hydrogen-bond donors (Lipinski definition) is 1. The lowest BCUT2D eigenvalue weighted by atomic mass is 10.1. The summed E-state index contributed by atoms with van der Waals surface area (Å²) in [5.41, 5.74) is 6.95. The first-order chi connectivity index (χ1) is 8.61. The largest absolute Gasteiger partial charge is 0.493 e. The van der Waals surface area contributed by atoms with Gasteiger partial charge < -0.3 is 15.2 Å². The summed E-state index contributed by atoms with van der Waals surface area (Å²) in [6.45, 7) is 2.34. The SMILES string of the molecule is COC(=O)CCOc1ccc(CCC(C)N)cc1. The van der Waals surface area contributed by atoms with Gasteiger partial charge in [-0.2, -0.15) is 0 Å². The normalized spacial score (nSPS) is 11.9. The van der Waals surface area contributed by atoms with Crippen LogP contribution in [0.4, 0.5) is 0 Å². The quantitative estimate of drug-likeness (QED) is 0.752. The van der Waals surface area contributed by atoms with Crippen molar-refractivity contribution in [3.63, 3.8) is 0 Å². The molecule has 100 valence electrons. The van der Waals surface area contributed by atoms with Gasteiger partial charge in [0.25, 0.3) is 0 Å². The van der Waals surface area contributed by atoms with Gasteiger partial charge in [-0.1, -0.05) is 12.1 Å². The third-order valence-electron chi connectivity index (χ3n) is 2.61. The molecule has 0 radical (unpaired) electrons. The summed E-state index contributed by atoms with van der Waals surface area (Å²) in [5.74, 6) is 0.506. The highest BCUT2D eigenvalue weighted by Crippen LogP contribution is 2.14. The van der Waals surface area contributed by atoms with Gasteiger partial charge in [-0.25, -0.2) is 0 Å². The molecule has 2 N–H and O–H groups in total. The van der Waals surface area contributed by atoms with Gasteiger partial charge in [-0.05, 0) is 37.5 Å². The van der Waals surface area contributed by atoms with E-state index in [1.165, 1.54) is 12.7 Å². The van der Waals surface area contributed by atoms with Crippen molar-refractivity contribution in [3.8, 4) is 5.75 Å². The number of esters is 1. The van der Waals surface area contributed by atoms with Crippen molar-refractivity contribution < 1.29 is 14.3 Å². The number of methoxy groups -OCH3 is 1. The number of ether oxygens (including phenoxy) is 2. The summed E-state index contributed by atoms with van der Waals surface area (Å²) < 4.78 is 9.96. The molecule has 4 nitrogen and oxygen atoms in total. The standard InChI is InChI=1S/C14H21NO3/c1-11(15)3-4-12-5-7-13(8-6-12)18-10-9-14(16)17-2/h5-8,11H,3-4,9-10,15H2,1-2H3. The zero-order valence-electron chi connectivity index (χ0n) is 11.0. The van der Waals surface area contributed by atoms with Gasteiger partial charge in [-0.15, -0.1) is 0 Å². The minimum Gasteiger partial charge on any atom is -0.493 e. The molecule has 0 aliphatic heterocycles. The molecule has 0 saturated heterocycles. The minimum atomic E-state index is -0.261. The molecule has 1 aromatic rings. The van der Waals surface area contributed by atoms with Gasteiger partial charge in [0.1, 0.15) is 5.75 Å². The molecule has 0 fully saturated rings. The van der Waals surface area contributed by atoms with Crippen LogP contribution in [0.3, 0.4) is 0 Å². The van der Waals surface area contributed by atoms with Crippen molar-refractivity contribution in [3.05, 3.63) is 29.8 Å². The van der Waals surface area contributed by atoms with Crippen molar-refractivity contribution in [2.45, 2.75) is 32.2 Å². The molecule has 1 aromatic carbocycles. The molecule has 0 aromatic heterocycles. The first kappa shape index (κ1) is 14.5. The highest BCUT2D eigenvalue weighted by atomic mass is 16.5. The van der Waals surface area contributed by atoms with E-state index in [0.717, 1.165) is 18.6 Å². The molecule has 0 heterocycles. The molecule has 1 rings (SSSR count). The Kier molecular flexibility index (Phi) is 6.22. The Morgan fingerprint density at radius 1 is 1.33 bits per heavy atom. The van der Waals surface area contributed by atoms with Gasteiger partial charge in [0, 0.05) is 6.04 Å². The van der Waals surface area contributed by atoms with E-state index in [9.17, 15) is 4.79 Å². The van der Waals surface area contributed by atoms with E-state index in [0.29, 0.717) is 6.61 Å². The van der Waals surface area contributed by atoms with E-state index in [-0.39, 0.29) is 18.4 Å². The fraction of sp³-hybridized carbons (Fsp3) is 0.500. The molecule has 0 aliphatic rings. The van der Waals surface area contributed by atoms with Gasteiger partial charge in [-0.3, -0.25) is 4.79 Å². The van der Waals surface area contributed by atoms with Crippen molar-refractivity contribution in [2.24, 2.45) is 5.73 Å². The van der Waals surface area contributed by atoms with Crippen molar-refractivity contribution in [1.29, 1.82) is 0 Å². The average molecular weight is 251 g/mol. The van der Waals surface area contributed by atoms with E-state index < -0.39 is 0 Å². The number of hydrogen-bond acceptors (Lipinski definition) is 4. The van der Waals surface area contributed by atoms with Gasteiger partial charge >= 0.3 is 5.97 Å². The lowest BCUT2D eigenvalue weighted by Gasteiger charge is -2.07. The van der Waals surface area contributed by atoms with E-state index >= 15 is 0 Å². The summed E-state index contributed by atoms with van der Waals surface area (Å²) in [6.07, 6.45) is 2.21. The van der Waals surface area contributed by atoms with E-state index in [4.69, 9.17) is 10.5 Å². The maximum atomic E-state index is 10.9. The Morgan fingerprint density at radius 2 is 2.00 bits per heavy atom. The number of benzene rings is 1. The maximum absolute atomic E-state index is 10.9. The number of aryl methyl sites for hydroxylation is 1. The van der Waals surface area contributed by atoms with Crippen LogP contribution in [0.25, 0.3) is 0 Å². The predicted molar refractivity (Wildman–Crippen MR) is 70.5 cm³/mol. The van der Waals surface area contributed by atoms with Crippen LogP contribution >= 0.6 is 0 Å². The van der Waals surface area contributed by atoms with Crippen LogP contribution in [0.15, 0.2) is 24.3 Å². The molecule has 1 unspecified atom stereocenters. The number of rotatable bonds is 7. The Labute approximate surface area is 108 Å². The van der Waals surface area contributed by atoms with Crippen LogP contribution in [-0.2, 0) is 16.0 Å². The molecule has 18 heavy (non-hydrogen) atoms. The summed E-state index contributed by atoms with van der Waals surface area (Å²) in [7, 11) is 1.37. The second-order valence-electron chi connectivity index (χ2n) is 4.33. The smallest absolute Gasteiger partial charge is 0.308 e. The highest BCUT2D eigenvalue weighted by Gasteiger charge is 2.01. The summed E-state index contributed by atoms with van der Waals surface area (Å²) in [6, 6.07) is 8.09. The van der Waals surface area contributed by atoms with Crippen molar-refractivity contribution in [1.82, 2.24) is 0 Å². The molecule has 0 bridgehead atoms. The number of nitrogens with two attached hydrogens (primary N) is 1. The van der Waals surface area contributed by atoms with E-state index in [1.807, 2.05) is 31.2 Å². The van der Waals surface area contributed by atoms with E-state index in [1.54, 1.807) is 0 Å². The zero-order valence-corrected chi connectivity index (χ0v) is 11.0. The van der Waals surface area contributed by atoms with Gasteiger partial charge in [0.15, 0.2) is 0 Å². The predicted octanol–water partition coefficient (Wildman–Crippen LogP) is 1.91.